The van der Waals surface area contributed by atoms with Crippen LogP contribution in [0.2, 0.25) is 0 Å². The number of hydrogen-bond donors (Lipinski definition) is 0. The molecule has 0 aliphatic heterocycles. The fourth-order valence-corrected chi connectivity index (χ4v) is 2.20. The quantitative estimate of drug-likeness (QED) is 0.654. The minimum Gasteiger partial charge on any atom is -0.328 e. The lowest BCUT2D eigenvalue weighted by atomic mass is 10.9. The maximum atomic E-state index is 4.16. The summed E-state index contributed by atoms with van der Waals surface area (Å²) >= 11 is 0. The van der Waals surface area contributed by atoms with Gasteiger partial charge in [-0.2, -0.15) is 0 Å². The molecular weight excluding hydrogens is 164 g/mol. The summed E-state index contributed by atoms with van der Waals surface area (Å²) in [5, 5.41) is 1.08. The molecule has 1 heterocycles. The molecule has 1 rings (SSSR count). The van der Waals surface area contributed by atoms with Gasteiger partial charge in [0.25, 0.3) is 0 Å². The Morgan fingerprint density at radius 3 is 3.00 bits per heavy atom. The van der Waals surface area contributed by atoms with Gasteiger partial charge in [0.1, 0.15) is 0 Å². The van der Waals surface area contributed by atoms with E-state index in [1.807, 2.05) is 34.8 Å². The molecule has 0 fully saturated rings. The third-order valence-corrected chi connectivity index (χ3v) is 3.43. The highest BCUT2D eigenvalue weighted by Crippen LogP contribution is 2.28. The largest absolute Gasteiger partial charge is 0.328 e. The van der Waals surface area contributed by atoms with Crippen LogP contribution in [-0.2, 0) is 7.05 Å². The molecule has 1 aromatic heterocycles. The minimum atomic E-state index is 1.08. The molecule has 0 radical (unpaired) electrons. The highest BCUT2D eigenvalue weighted by atomic mass is 33.1. The Labute approximate surface area is 68.8 Å². The van der Waals surface area contributed by atoms with Gasteiger partial charge in [-0.25, -0.2) is 4.98 Å². The van der Waals surface area contributed by atoms with E-state index in [0.29, 0.717) is 0 Å². The summed E-state index contributed by atoms with van der Waals surface area (Å²) in [7, 11) is 5.54. The number of nitrogens with zero attached hydrogens (tertiary/aromatic N) is 2. The van der Waals surface area contributed by atoms with E-state index < -0.39 is 0 Å². The Kier molecular flexibility index (Phi) is 3.15. The molecule has 0 aliphatic rings. The van der Waals surface area contributed by atoms with Gasteiger partial charge in [0.2, 0.25) is 0 Å². The maximum absolute atomic E-state index is 4.16. The summed E-state index contributed by atoms with van der Waals surface area (Å²) in [5.74, 6) is 1.12. The predicted molar refractivity (Wildman–Crippen MR) is 47.2 cm³/mol. The molecule has 0 bridgehead atoms. The Morgan fingerprint density at radius 2 is 2.50 bits per heavy atom. The molecule has 0 atom stereocenters. The van der Waals surface area contributed by atoms with E-state index in [2.05, 4.69) is 11.9 Å². The number of rotatable bonds is 3. The van der Waals surface area contributed by atoms with Crippen LogP contribution in [0.4, 0.5) is 0 Å². The van der Waals surface area contributed by atoms with Crippen LogP contribution >= 0.6 is 21.6 Å². The Morgan fingerprint density at radius 1 is 1.70 bits per heavy atom. The molecule has 1 aromatic rings. The third-order valence-electron chi connectivity index (χ3n) is 1.03. The van der Waals surface area contributed by atoms with Crippen molar-refractivity contribution in [1.82, 2.24) is 9.55 Å². The zero-order valence-corrected chi connectivity index (χ0v) is 7.71. The molecule has 0 spiro atoms. The highest BCUT2D eigenvalue weighted by molar-refractivity contribution is 8.76. The first-order valence-corrected chi connectivity index (χ1v) is 5.43. The van der Waals surface area contributed by atoms with Crippen LogP contribution in [0.3, 0.4) is 0 Å². The van der Waals surface area contributed by atoms with Crippen molar-refractivity contribution in [2.24, 2.45) is 7.05 Å². The van der Waals surface area contributed by atoms with Crippen molar-refractivity contribution in [3.05, 3.63) is 12.4 Å². The standard InChI is InChI=1S/C6H10N2S2/c1-3-9-10-6-7-4-5-8(6)2/h4-5H,3H2,1-2H3. The van der Waals surface area contributed by atoms with Gasteiger partial charge < -0.3 is 4.57 Å². The van der Waals surface area contributed by atoms with Crippen molar-refractivity contribution in [2.75, 3.05) is 5.75 Å². The zero-order valence-electron chi connectivity index (χ0n) is 6.07. The van der Waals surface area contributed by atoms with Crippen molar-refractivity contribution in [1.29, 1.82) is 0 Å². The summed E-state index contributed by atoms with van der Waals surface area (Å²) in [5.41, 5.74) is 0. The molecule has 0 N–H and O–H groups in total. The molecule has 2 nitrogen and oxygen atoms in total. The van der Waals surface area contributed by atoms with Gasteiger partial charge in [-0.3, -0.25) is 0 Å². The molecule has 10 heavy (non-hydrogen) atoms. The van der Waals surface area contributed by atoms with E-state index >= 15 is 0 Å². The van der Waals surface area contributed by atoms with Crippen molar-refractivity contribution in [2.45, 2.75) is 12.1 Å². The molecule has 56 valence electrons. The van der Waals surface area contributed by atoms with E-state index in [1.165, 1.54) is 0 Å². The second kappa shape index (κ2) is 3.93. The first-order valence-electron chi connectivity index (χ1n) is 3.11. The second-order valence-corrected chi connectivity index (χ2v) is 4.36. The van der Waals surface area contributed by atoms with Crippen LogP contribution in [0.25, 0.3) is 0 Å². The lowest BCUT2D eigenvalue weighted by Crippen LogP contribution is -1.85. The van der Waals surface area contributed by atoms with Crippen LogP contribution in [0.5, 0.6) is 0 Å². The van der Waals surface area contributed by atoms with Gasteiger partial charge in [-0.1, -0.05) is 17.7 Å². The molecule has 0 aromatic carbocycles. The summed E-state index contributed by atoms with van der Waals surface area (Å²) in [6.45, 7) is 2.14. The SMILES string of the molecule is CCSSc1nccn1C. The Bertz CT molecular complexity index is 197. The molecule has 0 aliphatic carbocycles. The first kappa shape index (κ1) is 8.01. The van der Waals surface area contributed by atoms with Gasteiger partial charge in [0, 0.05) is 25.2 Å². The Balaban J connectivity index is 2.49. The highest BCUT2D eigenvalue weighted by Gasteiger charge is 1.97. The minimum absolute atomic E-state index is 1.08. The Hall–Kier alpha value is -0.0900. The zero-order chi connectivity index (χ0) is 7.40. The average Bonchev–Trinajstić information content (AvgIpc) is 2.31. The number of hydrogen-bond acceptors (Lipinski definition) is 3. The van der Waals surface area contributed by atoms with E-state index in [4.69, 9.17) is 0 Å². The van der Waals surface area contributed by atoms with Gasteiger partial charge in [-0.05, 0) is 10.8 Å². The topological polar surface area (TPSA) is 17.8 Å². The van der Waals surface area contributed by atoms with Gasteiger partial charge >= 0.3 is 0 Å². The molecule has 0 unspecified atom stereocenters. The van der Waals surface area contributed by atoms with Gasteiger partial charge in [-0.15, -0.1) is 0 Å². The van der Waals surface area contributed by atoms with Crippen LogP contribution in [-0.4, -0.2) is 15.3 Å². The molecular formula is C6H10N2S2. The first-order chi connectivity index (χ1) is 4.84. The second-order valence-electron chi connectivity index (χ2n) is 1.81. The molecule has 0 saturated carbocycles. The van der Waals surface area contributed by atoms with Crippen LogP contribution in [0, 0.1) is 0 Å². The van der Waals surface area contributed by atoms with E-state index in [1.54, 1.807) is 10.8 Å². The summed E-state index contributed by atoms with van der Waals surface area (Å²) in [6, 6.07) is 0. The smallest absolute Gasteiger partial charge is 0.178 e. The summed E-state index contributed by atoms with van der Waals surface area (Å²) in [6.07, 6.45) is 3.77. The van der Waals surface area contributed by atoms with Crippen molar-refractivity contribution < 1.29 is 0 Å². The van der Waals surface area contributed by atoms with Crippen LogP contribution in [0.15, 0.2) is 17.6 Å². The van der Waals surface area contributed by atoms with Gasteiger partial charge in [0.15, 0.2) is 5.16 Å². The average molecular weight is 174 g/mol. The maximum Gasteiger partial charge on any atom is 0.178 e. The van der Waals surface area contributed by atoms with Gasteiger partial charge in [0.05, 0.1) is 0 Å². The third kappa shape index (κ3) is 1.95. The summed E-state index contributed by atoms with van der Waals surface area (Å²) in [4.78, 5) is 4.16. The van der Waals surface area contributed by atoms with Crippen molar-refractivity contribution in [3.8, 4) is 0 Å². The van der Waals surface area contributed by atoms with Crippen LogP contribution in [0.1, 0.15) is 6.92 Å². The van der Waals surface area contributed by atoms with E-state index in [0.717, 1.165) is 10.9 Å². The lowest BCUT2D eigenvalue weighted by Gasteiger charge is -1.96. The fourth-order valence-electron chi connectivity index (χ4n) is 0.544. The van der Waals surface area contributed by atoms with Crippen LogP contribution < -0.4 is 0 Å². The number of aryl methyl sites for hydroxylation is 1. The normalized spacial score (nSPS) is 10.2. The molecule has 0 amide bonds. The van der Waals surface area contributed by atoms with E-state index in [-0.39, 0.29) is 0 Å². The summed E-state index contributed by atoms with van der Waals surface area (Å²) < 4.78 is 2.02. The van der Waals surface area contributed by atoms with Crippen molar-refractivity contribution >= 4 is 21.6 Å². The van der Waals surface area contributed by atoms with Crippen molar-refractivity contribution in [3.63, 3.8) is 0 Å². The molecule has 0 saturated heterocycles. The monoisotopic (exact) mass is 174 g/mol. The number of aromatic nitrogens is 2. The lowest BCUT2D eigenvalue weighted by molar-refractivity contribution is 0.793. The van der Waals surface area contributed by atoms with E-state index in [9.17, 15) is 0 Å². The fraction of sp³-hybridized carbons (Fsp3) is 0.500. The number of imidazole rings is 1. The molecule has 4 heteroatoms. The predicted octanol–water partition coefficient (Wildman–Crippen LogP) is 2.18.